The van der Waals surface area contributed by atoms with E-state index in [1.807, 2.05) is 0 Å². The molecule has 0 aliphatic carbocycles. The largest absolute Gasteiger partial charge is 0.520 e. The molecule has 0 saturated carbocycles. The van der Waals surface area contributed by atoms with Gasteiger partial charge in [0.2, 0.25) is 8.32 Å². The second-order valence-electron chi connectivity index (χ2n) is 8.77. The van der Waals surface area contributed by atoms with Crippen LogP contribution in [0.4, 0.5) is 0 Å². The molecule has 0 unspecified atom stereocenters. The van der Waals surface area contributed by atoms with Gasteiger partial charge in [-0.2, -0.15) is 0 Å². The molecule has 0 spiro atoms. The molecule has 0 fully saturated rings. The van der Waals surface area contributed by atoms with Gasteiger partial charge in [-0.1, -0.05) is 45.3 Å². The molecule has 140 valence electrons. The van der Waals surface area contributed by atoms with E-state index in [0.29, 0.717) is 0 Å². The fourth-order valence-electron chi connectivity index (χ4n) is 2.07. The predicted octanol–water partition coefficient (Wildman–Crippen LogP) is 6.72. The minimum atomic E-state index is -1.58. The molecule has 0 rings (SSSR count). The lowest BCUT2D eigenvalue weighted by atomic mass is 10.1. The molecule has 4 heteroatoms. The van der Waals surface area contributed by atoms with E-state index in [2.05, 4.69) is 64.6 Å². The van der Waals surface area contributed by atoms with Crippen molar-refractivity contribution in [2.24, 2.45) is 0 Å². The average molecular weight is 369 g/mol. The molecular weight excluding hydrogens is 328 g/mol. The molecule has 0 N–H and O–H groups in total. The van der Waals surface area contributed by atoms with E-state index >= 15 is 0 Å². The summed E-state index contributed by atoms with van der Waals surface area (Å²) in [5, 5.41) is 0. The van der Waals surface area contributed by atoms with E-state index in [1.165, 1.54) is 32.1 Å². The third-order valence-electron chi connectivity index (χ3n) is 3.20. The highest BCUT2D eigenvalue weighted by molar-refractivity contribution is 6.83. The van der Waals surface area contributed by atoms with Gasteiger partial charge in [-0.3, -0.25) is 0 Å². The topological polar surface area (TPSA) is 18.5 Å². The van der Waals surface area contributed by atoms with Crippen LogP contribution in [0, 0.1) is 11.5 Å². The molecule has 0 aromatic heterocycles. The molecule has 24 heavy (non-hydrogen) atoms. The van der Waals surface area contributed by atoms with Crippen LogP contribution in [0.15, 0.2) is 11.5 Å². The first kappa shape index (κ1) is 23.3. The van der Waals surface area contributed by atoms with E-state index in [1.54, 1.807) is 0 Å². The second-order valence-corrected chi connectivity index (χ2v) is 18.0. The first-order valence-electron chi connectivity index (χ1n) is 9.50. The van der Waals surface area contributed by atoms with Crippen LogP contribution in [-0.2, 0) is 9.16 Å². The summed E-state index contributed by atoms with van der Waals surface area (Å²) >= 11 is 0. The number of ether oxygens (including phenoxy) is 1. The van der Waals surface area contributed by atoms with Gasteiger partial charge in [-0.15, -0.1) is 11.5 Å². The third kappa shape index (κ3) is 16.2. The molecule has 2 nitrogen and oxygen atoms in total. The maximum atomic E-state index is 5.99. The van der Waals surface area contributed by atoms with Crippen molar-refractivity contribution in [3.05, 3.63) is 11.5 Å². The molecule has 0 saturated heterocycles. The van der Waals surface area contributed by atoms with E-state index in [-0.39, 0.29) is 0 Å². The Morgan fingerprint density at radius 1 is 0.792 bits per heavy atom. The highest BCUT2D eigenvalue weighted by Gasteiger charge is 2.19. The Morgan fingerprint density at radius 3 is 1.83 bits per heavy atom. The number of rotatable bonds is 11. The first-order chi connectivity index (χ1) is 11.0. The Hall–Kier alpha value is -0.666. The van der Waals surface area contributed by atoms with Crippen molar-refractivity contribution in [2.45, 2.75) is 98.1 Å². The summed E-state index contributed by atoms with van der Waals surface area (Å²) in [6.45, 7) is 18.4. The van der Waals surface area contributed by atoms with Gasteiger partial charge in [-0.05, 0) is 46.3 Å². The zero-order valence-corrected chi connectivity index (χ0v) is 19.5. The summed E-state index contributed by atoms with van der Waals surface area (Å²) in [4.78, 5) is 0. The van der Waals surface area contributed by atoms with Crippen molar-refractivity contribution in [2.75, 3.05) is 6.61 Å². The predicted molar refractivity (Wildman–Crippen MR) is 112 cm³/mol. The van der Waals surface area contributed by atoms with Crippen LogP contribution in [0.3, 0.4) is 0 Å². The Labute approximate surface area is 153 Å². The Balaban J connectivity index is 3.66. The van der Waals surface area contributed by atoms with Crippen LogP contribution < -0.4 is 0 Å². The molecule has 0 aromatic rings. The van der Waals surface area contributed by atoms with Gasteiger partial charge < -0.3 is 9.16 Å². The number of unbranched alkanes of at least 4 members (excludes halogenated alkanes) is 6. The van der Waals surface area contributed by atoms with Gasteiger partial charge in [0.15, 0.2) is 0 Å². The van der Waals surface area contributed by atoms with Crippen molar-refractivity contribution in [1.29, 1.82) is 0 Å². The standard InChI is InChI=1S/C20H40O2Si2/c1-19(2)20(22-24(6,7)8)21-17-15-13-11-9-10-12-14-16-18-23(3,4)5/h9-15,17H2,1-8H3. The Morgan fingerprint density at radius 2 is 1.33 bits per heavy atom. The van der Waals surface area contributed by atoms with Crippen LogP contribution in [0.1, 0.15) is 58.8 Å². The molecule has 0 amide bonds. The fourth-order valence-corrected chi connectivity index (χ4v) is 3.54. The maximum absolute atomic E-state index is 5.99. The van der Waals surface area contributed by atoms with E-state index < -0.39 is 16.4 Å². The summed E-state index contributed by atoms with van der Waals surface area (Å²) in [5.74, 6) is 4.11. The average Bonchev–Trinajstić information content (AvgIpc) is 2.40. The highest BCUT2D eigenvalue weighted by atomic mass is 28.4. The van der Waals surface area contributed by atoms with Crippen LogP contribution in [0.25, 0.3) is 0 Å². The molecule has 0 aliphatic rings. The minimum Gasteiger partial charge on any atom is -0.520 e. The number of hydrogen-bond acceptors (Lipinski definition) is 2. The van der Waals surface area contributed by atoms with Gasteiger partial charge in [0.05, 0.1) is 6.61 Å². The summed E-state index contributed by atoms with van der Waals surface area (Å²) < 4.78 is 11.8. The Bertz CT molecular complexity index is 427. The molecule has 0 aliphatic heterocycles. The van der Waals surface area contributed by atoms with Gasteiger partial charge in [0.25, 0.3) is 5.95 Å². The van der Waals surface area contributed by atoms with Crippen LogP contribution in [0.5, 0.6) is 0 Å². The molecule has 0 radical (unpaired) electrons. The summed E-state index contributed by atoms with van der Waals surface area (Å²) in [6.07, 6.45) is 8.59. The van der Waals surface area contributed by atoms with E-state index in [4.69, 9.17) is 9.16 Å². The Kier molecular flexibility index (Phi) is 11.5. The zero-order valence-electron chi connectivity index (χ0n) is 17.5. The van der Waals surface area contributed by atoms with Crippen molar-refractivity contribution >= 4 is 16.4 Å². The third-order valence-corrected chi connectivity index (χ3v) is 4.92. The molecule has 0 bridgehead atoms. The molecule has 0 atom stereocenters. The summed E-state index contributed by atoms with van der Waals surface area (Å²) in [6, 6.07) is 0. The lowest BCUT2D eigenvalue weighted by Gasteiger charge is -2.23. The number of hydrogen-bond donors (Lipinski definition) is 0. The molecular formula is C20H40O2Si2. The van der Waals surface area contributed by atoms with E-state index in [9.17, 15) is 0 Å². The van der Waals surface area contributed by atoms with Gasteiger partial charge in [-0.25, -0.2) is 0 Å². The van der Waals surface area contributed by atoms with Gasteiger partial charge in [0.1, 0.15) is 8.07 Å². The first-order valence-corrected chi connectivity index (χ1v) is 16.4. The zero-order chi connectivity index (χ0) is 18.6. The summed E-state index contributed by atoms with van der Waals surface area (Å²) in [5.41, 5.74) is 4.57. The summed E-state index contributed by atoms with van der Waals surface area (Å²) in [7, 11) is -2.75. The monoisotopic (exact) mass is 368 g/mol. The maximum Gasteiger partial charge on any atom is 0.263 e. The molecule has 0 aromatic carbocycles. The minimum absolute atomic E-state index is 0.759. The van der Waals surface area contributed by atoms with Crippen molar-refractivity contribution in [3.63, 3.8) is 0 Å². The van der Waals surface area contributed by atoms with Crippen molar-refractivity contribution in [3.8, 4) is 11.5 Å². The van der Waals surface area contributed by atoms with Crippen LogP contribution >= 0.6 is 0 Å². The van der Waals surface area contributed by atoms with Crippen molar-refractivity contribution < 1.29 is 9.16 Å². The quantitative estimate of drug-likeness (QED) is 0.174. The van der Waals surface area contributed by atoms with E-state index in [0.717, 1.165) is 31.0 Å². The van der Waals surface area contributed by atoms with Crippen molar-refractivity contribution in [1.82, 2.24) is 0 Å². The van der Waals surface area contributed by atoms with Crippen LogP contribution in [-0.4, -0.2) is 23.0 Å². The number of allylic oxidation sites excluding steroid dienone is 1. The smallest absolute Gasteiger partial charge is 0.263 e. The normalized spacial score (nSPS) is 11.5. The SMILES string of the molecule is CC(C)=C(OCCCCCCCCC#C[Si](C)(C)C)O[Si](C)(C)C. The molecule has 0 heterocycles. The van der Waals surface area contributed by atoms with Gasteiger partial charge in [0, 0.05) is 12.0 Å². The fraction of sp³-hybridized carbons (Fsp3) is 0.800. The highest BCUT2D eigenvalue weighted by Crippen LogP contribution is 2.16. The lowest BCUT2D eigenvalue weighted by Crippen LogP contribution is -2.26. The van der Waals surface area contributed by atoms with Crippen LogP contribution in [0.2, 0.25) is 39.3 Å². The van der Waals surface area contributed by atoms with Gasteiger partial charge >= 0.3 is 0 Å². The second kappa shape index (κ2) is 11.8. The lowest BCUT2D eigenvalue weighted by molar-refractivity contribution is 0.0956.